The fourth-order valence-corrected chi connectivity index (χ4v) is 1.81. The Hall–Kier alpha value is -1.35. The van der Waals surface area contributed by atoms with E-state index in [0.717, 1.165) is 0 Å². The number of carboxylic acid groups (broad SMARTS) is 1. The van der Waals surface area contributed by atoms with Crippen molar-refractivity contribution in [3.8, 4) is 0 Å². The van der Waals surface area contributed by atoms with E-state index in [2.05, 4.69) is 26.0 Å². The Morgan fingerprint density at radius 3 is 2.60 bits per heavy atom. The molecular formula is C11H10BrF4NO3. The number of alkyl halides is 3. The Labute approximate surface area is 119 Å². The fourth-order valence-electron chi connectivity index (χ4n) is 1.30. The highest BCUT2D eigenvalue weighted by molar-refractivity contribution is 9.10. The van der Waals surface area contributed by atoms with Gasteiger partial charge in [-0.1, -0.05) is 0 Å². The number of rotatable bonds is 6. The first-order chi connectivity index (χ1) is 9.22. The zero-order valence-corrected chi connectivity index (χ0v) is 11.5. The van der Waals surface area contributed by atoms with Gasteiger partial charge in [0.1, 0.15) is 6.61 Å². The maximum atomic E-state index is 13.7. The highest BCUT2D eigenvalue weighted by Gasteiger charge is 2.27. The van der Waals surface area contributed by atoms with Crippen LogP contribution in [0.5, 0.6) is 0 Å². The number of nitrogens with one attached hydrogen (secondary N) is 1. The predicted molar refractivity (Wildman–Crippen MR) is 66.4 cm³/mol. The Morgan fingerprint density at radius 2 is 2.05 bits per heavy atom. The van der Waals surface area contributed by atoms with Gasteiger partial charge in [-0.2, -0.15) is 13.2 Å². The van der Waals surface area contributed by atoms with Gasteiger partial charge in [0.25, 0.3) is 0 Å². The standard InChI is InChI=1S/C11H10BrF4NO3/c12-8-6(10(18)19)1-2-7(9(8)13)17-3-4-20-5-11(14,15)16/h1-2,17H,3-5H2,(H,18,19). The molecule has 0 saturated heterocycles. The maximum Gasteiger partial charge on any atom is 0.411 e. The molecule has 9 heteroatoms. The number of halogens is 5. The summed E-state index contributed by atoms with van der Waals surface area (Å²) < 4.78 is 53.2. The minimum atomic E-state index is -4.41. The number of aromatic carboxylic acids is 1. The molecule has 1 aromatic rings. The molecule has 0 atom stereocenters. The molecule has 0 spiro atoms. The van der Waals surface area contributed by atoms with Crippen LogP contribution in [0.25, 0.3) is 0 Å². The van der Waals surface area contributed by atoms with E-state index in [9.17, 15) is 22.4 Å². The Kier molecular flexibility index (Phi) is 5.75. The molecule has 20 heavy (non-hydrogen) atoms. The van der Waals surface area contributed by atoms with Gasteiger partial charge in [-0.15, -0.1) is 0 Å². The Morgan fingerprint density at radius 1 is 1.40 bits per heavy atom. The lowest BCUT2D eigenvalue weighted by molar-refractivity contribution is -0.172. The molecule has 0 bridgehead atoms. The molecule has 112 valence electrons. The number of benzene rings is 1. The van der Waals surface area contributed by atoms with Crippen molar-refractivity contribution >= 4 is 27.6 Å². The number of carbonyl (C=O) groups is 1. The number of ether oxygens (including phenoxy) is 1. The second-order valence-corrected chi connectivity index (χ2v) is 4.48. The molecule has 0 amide bonds. The van der Waals surface area contributed by atoms with Crippen LogP contribution in [0.1, 0.15) is 10.4 Å². The van der Waals surface area contributed by atoms with Crippen molar-refractivity contribution in [1.29, 1.82) is 0 Å². The van der Waals surface area contributed by atoms with Crippen LogP contribution in [-0.4, -0.2) is 37.0 Å². The second kappa shape index (κ2) is 6.89. The molecule has 1 rings (SSSR count). The fraction of sp³-hybridized carbons (Fsp3) is 0.364. The van der Waals surface area contributed by atoms with Gasteiger partial charge < -0.3 is 15.2 Å². The van der Waals surface area contributed by atoms with Crippen molar-refractivity contribution in [2.45, 2.75) is 6.18 Å². The van der Waals surface area contributed by atoms with Crippen LogP contribution in [0, 0.1) is 5.82 Å². The SMILES string of the molecule is O=C(O)c1ccc(NCCOCC(F)(F)F)c(F)c1Br. The van der Waals surface area contributed by atoms with Crippen molar-refractivity contribution < 1.29 is 32.2 Å². The van der Waals surface area contributed by atoms with E-state index in [1.807, 2.05) is 0 Å². The first-order valence-electron chi connectivity index (χ1n) is 5.32. The van der Waals surface area contributed by atoms with Crippen molar-refractivity contribution in [3.63, 3.8) is 0 Å². The minimum absolute atomic E-state index is 0.0301. The average Bonchev–Trinajstić information content (AvgIpc) is 2.32. The number of hydrogen-bond acceptors (Lipinski definition) is 3. The number of carboxylic acids is 1. The molecule has 1 aromatic carbocycles. The highest BCUT2D eigenvalue weighted by atomic mass is 79.9. The van der Waals surface area contributed by atoms with Crippen LogP contribution in [0.2, 0.25) is 0 Å². The van der Waals surface area contributed by atoms with Gasteiger partial charge in [-0.25, -0.2) is 9.18 Å². The zero-order chi connectivity index (χ0) is 15.3. The average molecular weight is 360 g/mol. The lowest BCUT2D eigenvalue weighted by Crippen LogP contribution is -2.20. The molecule has 0 radical (unpaired) electrons. The van der Waals surface area contributed by atoms with Gasteiger partial charge in [-0.3, -0.25) is 0 Å². The minimum Gasteiger partial charge on any atom is -0.478 e. The first-order valence-corrected chi connectivity index (χ1v) is 6.11. The predicted octanol–water partition coefficient (Wildman–Crippen LogP) is 3.28. The maximum absolute atomic E-state index is 13.7. The summed E-state index contributed by atoms with van der Waals surface area (Å²) in [4.78, 5) is 10.7. The van der Waals surface area contributed by atoms with E-state index in [1.54, 1.807) is 0 Å². The quantitative estimate of drug-likeness (QED) is 0.604. The van der Waals surface area contributed by atoms with Crippen LogP contribution in [0.4, 0.5) is 23.2 Å². The molecule has 0 aliphatic heterocycles. The molecule has 4 nitrogen and oxygen atoms in total. The third-order valence-corrected chi connectivity index (χ3v) is 2.92. The molecule has 2 N–H and O–H groups in total. The van der Waals surface area contributed by atoms with Crippen LogP contribution in [0.3, 0.4) is 0 Å². The molecule has 0 aliphatic rings. The monoisotopic (exact) mass is 359 g/mol. The molecular weight excluding hydrogens is 350 g/mol. The third kappa shape index (κ3) is 4.97. The van der Waals surface area contributed by atoms with E-state index < -0.39 is 24.6 Å². The van der Waals surface area contributed by atoms with E-state index in [1.165, 1.54) is 12.1 Å². The van der Waals surface area contributed by atoms with Gasteiger partial charge in [0, 0.05) is 6.54 Å². The molecule has 0 fully saturated rings. The summed E-state index contributed by atoms with van der Waals surface area (Å²) in [5, 5.41) is 11.3. The Bertz CT molecular complexity index is 493. The van der Waals surface area contributed by atoms with Gasteiger partial charge in [0.15, 0.2) is 5.82 Å². The van der Waals surface area contributed by atoms with Crippen LogP contribution >= 0.6 is 15.9 Å². The Balaban J connectivity index is 2.53. The lowest BCUT2D eigenvalue weighted by Gasteiger charge is -2.11. The highest BCUT2D eigenvalue weighted by Crippen LogP contribution is 2.27. The number of anilines is 1. The van der Waals surface area contributed by atoms with Gasteiger partial charge in [0.05, 0.1) is 22.3 Å². The van der Waals surface area contributed by atoms with Crippen molar-refractivity contribution in [1.82, 2.24) is 0 Å². The van der Waals surface area contributed by atoms with Crippen LogP contribution in [-0.2, 0) is 4.74 Å². The topological polar surface area (TPSA) is 58.6 Å². The second-order valence-electron chi connectivity index (χ2n) is 3.69. The zero-order valence-electron chi connectivity index (χ0n) is 9.93. The first kappa shape index (κ1) is 16.7. The summed E-state index contributed by atoms with van der Waals surface area (Å²) >= 11 is 2.80. The number of hydrogen-bond donors (Lipinski definition) is 2. The summed E-state index contributed by atoms with van der Waals surface area (Å²) in [7, 11) is 0. The van der Waals surface area contributed by atoms with E-state index in [4.69, 9.17) is 5.11 Å². The molecule has 0 unspecified atom stereocenters. The summed E-state index contributed by atoms with van der Waals surface area (Å²) in [5.41, 5.74) is -0.279. The summed E-state index contributed by atoms with van der Waals surface area (Å²) in [6.45, 7) is -1.69. The molecule has 0 aliphatic carbocycles. The van der Waals surface area contributed by atoms with E-state index in [0.29, 0.717) is 0 Å². The van der Waals surface area contributed by atoms with Gasteiger partial charge in [-0.05, 0) is 28.1 Å². The summed E-state index contributed by atoms with van der Waals surface area (Å²) in [5.74, 6) is -2.13. The normalized spacial score (nSPS) is 11.4. The van der Waals surface area contributed by atoms with Crippen molar-refractivity contribution in [2.75, 3.05) is 25.1 Å². The van der Waals surface area contributed by atoms with E-state index >= 15 is 0 Å². The lowest BCUT2D eigenvalue weighted by atomic mass is 10.2. The van der Waals surface area contributed by atoms with Crippen LogP contribution in [0.15, 0.2) is 16.6 Å². The molecule has 0 heterocycles. The van der Waals surface area contributed by atoms with Crippen molar-refractivity contribution in [2.24, 2.45) is 0 Å². The van der Waals surface area contributed by atoms with E-state index in [-0.39, 0.29) is 28.9 Å². The van der Waals surface area contributed by atoms with Crippen molar-refractivity contribution in [3.05, 3.63) is 28.0 Å². The summed E-state index contributed by atoms with van der Waals surface area (Å²) in [6.07, 6.45) is -4.41. The smallest absolute Gasteiger partial charge is 0.411 e. The largest absolute Gasteiger partial charge is 0.478 e. The third-order valence-electron chi connectivity index (χ3n) is 2.14. The molecule has 0 aromatic heterocycles. The molecule has 0 saturated carbocycles. The van der Waals surface area contributed by atoms with Gasteiger partial charge in [0.2, 0.25) is 0 Å². The van der Waals surface area contributed by atoms with Gasteiger partial charge >= 0.3 is 12.1 Å². The van der Waals surface area contributed by atoms with Crippen LogP contribution < -0.4 is 5.32 Å². The summed E-state index contributed by atoms with van der Waals surface area (Å²) in [6, 6.07) is 2.36.